The Hall–Kier alpha value is -2.41. The third kappa shape index (κ3) is 4.17. The number of nitrogens with zero attached hydrogens (tertiary/aromatic N) is 3. The Bertz CT molecular complexity index is 727. The molecule has 1 aliphatic carbocycles. The summed E-state index contributed by atoms with van der Waals surface area (Å²) in [5.74, 6) is -0.377. The lowest BCUT2D eigenvalue weighted by Crippen LogP contribution is -2.45. The van der Waals surface area contributed by atoms with Crippen molar-refractivity contribution in [3.05, 3.63) is 48.3 Å². The quantitative estimate of drug-likeness (QED) is 0.874. The molecule has 2 N–H and O–H groups in total. The minimum absolute atomic E-state index is 0.225. The van der Waals surface area contributed by atoms with Gasteiger partial charge in [0.05, 0.1) is 24.2 Å². The molecule has 7 heteroatoms. The van der Waals surface area contributed by atoms with Gasteiger partial charge in [0.1, 0.15) is 5.82 Å². The summed E-state index contributed by atoms with van der Waals surface area (Å²) in [5.41, 5.74) is 0.306. The van der Waals surface area contributed by atoms with E-state index in [9.17, 15) is 14.3 Å². The molecule has 134 valence electrons. The highest BCUT2D eigenvalue weighted by molar-refractivity contribution is 5.73. The van der Waals surface area contributed by atoms with Crippen LogP contribution in [0.1, 0.15) is 31.2 Å². The first-order valence-corrected chi connectivity index (χ1v) is 8.45. The number of carbonyl (C=O) groups is 1. The van der Waals surface area contributed by atoms with Gasteiger partial charge >= 0.3 is 6.03 Å². The minimum Gasteiger partial charge on any atom is -0.388 e. The molecule has 1 fully saturated rings. The SMILES string of the molecule is CN(CC1(O)CCCC1)C(=O)NCc1ccc(-n2ccnc2)c(F)c1. The van der Waals surface area contributed by atoms with Crippen molar-refractivity contribution < 1.29 is 14.3 Å². The molecular formula is C18H23FN4O2. The molecule has 6 nitrogen and oxygen atoms in total. The van der Waals surface area contributed by atoms with E-state index in [2.05, 4.69) is 10.3 Å². The molecule has 2 aromatic rings. The average Bonchev–Trinajstić information content (AvgIpc) is 3.24. The molecule has 1 aromatic carbocycles. The molecule has 0 saturated heterocycles. The van der Waals surface area contributed by atoms with Crippen LogP contribution in [-0.4, -0.2) is 44.8 Å². The molecule has 1 aliphatic rings. The van der Waals surface area contributed by atoms with Gasteiger partial charge < -0.3 is 19.9 Å². The van der Waals surface area contributed by atoms with E-state index in [1.54, 1.807) is 36.1 Å². The maximum absolute atomic E-state index is 14.2. The molecule has 3 rings (SSSR count). The number of amides is 2. The molecule has 0 unspecified atom stereocenters. The van der Waals surface area contributed by atoms with Crippen molar-refractivity contribution in [3.8, 4) is 5.69 Å². The van der Waals surface area contributed by atoms with Crippen LogP contribution in [0.3, 0.4) is 0 Å². The zero-order valence-electron chi connectivity index (χ0n) is 14.3. The number of hydrogen-bond acceptors (Lipinski definition) is 3. The van der Waals surface area contributed by atoms with Crippen LogP contribution in [0.5, 0.6) is 0 Å². The fourth-order valence-electron chi connectivity index (χ4n) is 3.29. The number of benzene rings is 1. The van der Waals surface area contributed by atoms with Gasteiger partial charge in [-0.25, -0.2) is 14.2 Å². The van der Waals surface area contributed by atoms with Crippen molar-refractivity contribution in [2.24, 2.45) is 0 Å². The van der Waals surface area contributed by atoms with Crippen molar-refractivity contribution in [1.29, 1.82) is 0 Å². The fourth-order valence-corrected chi connectivity index (χ4v) is 3.29. The Balaban J connectivity index is 1.56. The van der Waals surface area contributed by atoms with E-state index in [0.717, 1.165) is 25.7 Å². The lowest BCUT2D eigenvalue weighted by atomic mass is 10.0. The Morgan fingerprint density at radius 3 is 2.84 bits per heavy atom. The predicted octanol–water partition coefficient (Wildman–Crippen LogP) is 2.46. The van der Waals surface area contributed by atoms with E-state index in [-0.39, 0.29) is 18.4 Å². The number of imidazole rings is 1. The summed E-state index contributed by atoms with van der Waals surface area (Å²) in [7, 11) is 1.66. The topological polar surface area (TPSA) is 70.4 Å². The van der Waals surface area contributed by atoms with Crippen molar-refractivity contribution >= 4 is 6.03 Å². The predicted molar refractivity (Wildman–Crippen MR) is 91.8 cm³/mol. The number of likely N-dealkylation sites (N-methyl/N-ethyl adjacent to an activating group) is 1. The van der Waals surface area contributed by atoms with E-state index < -0.39 is 5.60 Å². The summed E-state index contributed by atoms with van der Waals surface area (Å²) in [6, 6.07) is 4.55. The van der Waals surface area contributed by atoms with Crippen LogP contribution in [-0.2, 0) is 6.54 Å². The lowest BCUT2D eigenvalue weighted by Gasteiger charge is -2.28. The second-order valence-corrected chi connectivity index (χ2v) is 6.70. The van der Waals surface area contributed by atoms with Gasteiger partial charge in [0, 0.05) is 26.0 Å². The summed E-state index contributed by atoms with van der Waals surface area (Å²) in [6.07, 6.45) is 8.23. The van der Waals surface area contributed by atoms with E-state index in [0.29, 0.717) is 17.8 Å². The van der Waals surface area contributed by atoms with Crippen molar-refractivity contribution in [2.75, 3.05) is 13.6 Å². The van der Waals surface area contributed by atoms with Crippen LogP contribution < -0.4 is 5.32 Å². The van der Waals surface area contributed by atoms with E-state index in [1.165, 1.54) is 17.3 Å². The number of aliphatic hydroxyl groups is 1. The van der Waals surface area contributed by atoms with Gasteiger partial charge in [-0.05, 0) is 30.5 Å². The van der Waals surface area contributed by atoms with Crippen LogP contribution in [0.4, 0.5) is 9.18 Å². The maximum atomic E-state index is 14.2. The zero-order chi connectivity index (χ0) is 17.9. The minimum atomic E-state index is -0.773. The number of hydrogen-bond donors (Lipinski definition) is 2. The molecule has 0 radical (unpaired) electrons. The summed E-state index contributed by atoms with van der Waals surface area (Å²) in [5, 5.41) is 13.1. The van der Waals surface area contributed by atoms with Gasteiger partial charge in [-0.1, -0.05) is 18.9 Å². The van der Waals surface area contributed by atoms with Crippen LogP contribution in [0.2, 0.25) is 0 Å². The van der Waals surface area contributed by atoms with Gasteiger partial charge in [-0.2, -0.15) is 0 Å². The summed E-state index contributed by atoms with van der Waals surface area (Å²) >= 11 is 0. The van der Waals surface area contributed by atoms with Gasteiger partial charge in [-0.15, -0.1) is 0 Å². The van der Waals surface area contributed by atoms with E-state index in [1.807, 2.05) is 0 Å². The zero-order valence-corrected chi connectivity index (χ0v) is 14.3. The highest BCUT2D eigenvalue weighted by Gasteiger charge is 2.33. The largest absolute Gasteiger partial charge is 0.388 e. The van der Waals surface area contributed by atoms with Crippen molar-refractivity contribution in [3.63, 3.8) is 0 Å². The third-order valence-corrected chi connectivity index (χ3v) is 4.65. The van der Waals surface area contributed by atoms with Gasteiger partial charge in [-0.3, -0.25) is 0 Å². The van der Waals surface area contributed by atoms with Gasteiger partial charge in [0.15, 0.2) is 0 Å². The average molecular weight is 346 g/mol. The van der Waals surface area contributed by atoms with E-state index >= 15 is 0 Å². The smallest absolute Gasteiger partial charge is 0.317 e. The van der Waals surface area contributed by atoms with Crippen molar-refractivity contribution in [1.82, 2.24) is 19.8 Å². The molecule has 25 heavy (non-hydrogen) atoms. The second-order valence-electron chi connectivity index (χ2n) is 6.70. The number of carbonyl (C=O) groups excluding carboxylic acids is 1. The van der Waals surface area contributed by atoms with Gasteiger partial charge in [0.25, 0.3) is 0 Å². The lowest BCUT2D eigenvalue weighted by molar-refractivity contribution is 0.0247. The number of halogens is 1. The Labute approximate surface area is 146 Å². The molecular weight excluding hydrogens is 323 g/mol. The first kappa shape index (κ1) is 17.4. The first-order valence-electron chi connectivity index (χ1n) is 8.45. The van der Waals surface area contributed by atoms with Crippen molar-refractivity contribution in [2.45, 2.75) is 37.8 Å². The van der Waals surface area contributed by atoms with Gasteiger partial charge in [0.2, 0.25) is 0 Å². The molecule has 0 atom stereocenters. The molecule has 1 heterocycles. The monoisotopic (exact) mass is 346 g/mol. The molecule has 1 aromatic heterocycles. The maximum Gasteiger partial charge on any atom is 0.317 e. The second kappa shape index (κ2) is 7.23. The van der Waals surface area contributed by atoms with E-state index in [4.69, 9.17) is 0 Å². The Kier molecular flexibility index (Phi) is 5.03. The standard InChI is InChI=1S/C18H23FN4O2/c1-22(12-18(25)6-2-3-7-18)17(24)21-11-14-4-5-16(15(19)10-14)23-9-8-20-13-23/h4-5,8-10,13,25H,2-3,6-7,11-12H2,1H3,(H,21,24). The highest BCUT2D eigenvalue weighted by Crippen LogP contribution is 2.29. The van der Waals surface area contributed by atoms with Crippen LogP contribution >= 0.6 is 0 Å². The first-order chi connectivity index (χ1) is 12.0. The molecule has 0 aliphatic heterocycles. The number of nitrogens with one attached hydrogen (secondary N) is 1. The Morgan fingerprint density at radius 1 is 1.44 bits per heavy atom. The summed E-state index contributed by atoms with van der Waals surface area (Å²) in [6.45, 7) is 0.537. The normalized spacial score (nSPS) is 16.0. The van der Waals surface area contributed by atoms with Crippen LogP contribution in [0, 0.1) is 5.82 Å². The number of rotatable bonds is 5. The van der Waals surface area contributed by atoms with Crippen LogP contribution in [0.25, 0.3) is 5.69 Å². The summed E-state index contributed by atoms with van der Waals surface area (Å²) < 4.78 is 15.8. The number of aromatic nitrogens is 2. The fraction of sp³-hybridized carbons (Fsp3) is 0.444. The third-order valence-electron chi connectivity index (χ3n) is 4.65. The Morgan fingerprint density at radius 2 is 2.20 bits per heavy atom. The highest BCUT2D eigenvalue weighted by atomic mass is 19.1. The summed E-state index contributed by atoms with van der Waals surface area (Å²) in [4.78, 5) is 17.6. The molecule has 0 spiro atoms. The molecule has 2 amide bonds. The molecule has 0 bridgehead atoms. The van der Waals surface area contributed by atoms with Crippen LogP contribution in [0.15, 0.2) is 36.9 Å². The molecule has 1 saturated carbocycles. The number of urea groups is 1.